The van der Waals surface area contributed by atoms with E-state index in [9.17, 15) is 24.7 Å². The van der Waals surface area contributed by atoms with Gasteiger partial charge in [-0.1, -0.05) is 0 Å². The zero-order valence-corrected chi connectivity index (χ0v) is 21.6. The molecule has 0 aliphatic carbocycles. The second kappa shape index (κ2) is 10.5. The number of nitrogens with one attached hydrogen (secondary N) is 1. The van der Waals surface area contributed by atoms with Crippen molar-refractivity contribution in [3.05, 3.63) is 39.3 Å². The highest BCUT2D eigenvalue weighted by Crippen LogP contribution is 2.49. The number of nitrogen functional groups attached to an aromatic ring is 1. The van der Waals surface area contributed by atoms with Crippen molar-refractivity contribution in [3.8, 4) is 0 Å². The number of ether oxygens (including phenoxy) is 2. The Labute approximate surface area is 218 Å². The van der Waals surface area contributed by atoms with Gasteiger partial charge in [-0.05, 0) is 18.7 Å². The van der Waals surface area contributed by atoms with Crippen LogP contribution in [0.1, 0.15) is 31.1 Å². The van der Waals surface area contributed by atoms with E-state index in [4.69, 9.17) is 36.1 Å². The number of aliphatic hydroxyl groups is 2. The molecule has 19 heteroatoms. The number of hydrogen-bond donors (Lipinski definition) is 5. The van der Waals surface area contributed by atoms with Gasteiger partial charge >= 0.3 is 12.4 Å². The first-order chi connectivity index (χ1) is 18.0. The SMILES string of the molecule is Cc1nc2c(ncn2[C@H]2CC(O)[C@@H](COP(O)(=S)OC3C[C@H](n4cnc(N)nc4=O)O[C@@H]3CO)O2)c(=O)[nH]1. The molecule has 0 saturated carbocycles. The highest BCUT2D eigenvalue weighted by atomic mass is 32.5. The van der Waals surface area contributed by atoms with E-state index >= 15 is 0 Å². The van der Waals surface area contributed by atoms with Gasteiger partial charge in [-0.3, -0.25) is 13.9 Å². The average molecular weight is 572 g/mol. The highest BCUT2D eigenvalue weighted by molar-refractivity contribution is 8.07. The van der Waals surface area contributed by atoms with Crippen LogP contribution in [0.15, 0.2) is 22.2 Å². The van der Waals surface area contributed by atoms with Crippen molar-refractivity contribution in [1.29, 1.82) is 0 Å². The maximum Gasteiger partial charge on any atom is 0.354 e. The number of imidazole rings is 1. The van der Waals surface area contributed by atoms with Gasteiger partial charge < -0.3 is 44.3 Å². The minimum Gasteiger partial charge on any atom is -0.394 e. The molecule has 5 heterocycles. The lowest BCUT2D eigenvalue weighted by Gasteiger charge is -2.24. The van der Waals surface area contributed by atoms with Gasteiger partial charge in [0.1, 0.15) is 36.8 Å². The first-order valence-electron chi connectivity index (χ1n) is 11.4. The molecule has 0 radical (unpaired) electrons. The predicted molar refractivity (Wildman–Crippen MR) is 131 cm³/mol. The minimum absolute atomic E-state index is 0.0323. The Morgan fingerprint density at radius 3 is 2.63 bits per heavy atom. The van der Waals surface area contributed by atoms with Crippen LogP contribution in [0.25, 0.3) is 11.2 Å². The molecule has 2 saturated heterocycles. The van der Waals surface area contributed by atoms with E-state index in [1.165, 1.54) is 10.9 Å². The number of H-pyrrole nitrogens is 1. The Balaban J connectivity index is 1.22. The first kappa shape index (κ1) is 26.9. The number of aryl methyl sites for hydroxylation is 1. The molecule has 17 nitrogen and oxygen atoms in total. The van der Waals surface area contributed by atoms with Crippen LogP contribution in [0.4, 0.5) is 5.95 Å². The van der Waals surface area contributed by atoms with Crippen LogP contribution < -0.4 is 17.0 Å². The van der Waals surface area contributed by atoms with E-state index in [1.807, 2.05) is 0 Å². The molecule has 38 heavy (non-hydrogen) atoms. The maximum atomic E-state index is 12.1. The molecule has 2 aliphatic rings. The van der Waals surface area contributed by atoms with Gasteiger partial charge in [0.05, 0.1) is 31.7 Å². The largest absolute Gasteiger partial charge is 0.394 e. The summed E-state index contributed by atoms with van der Waals surface area (Å²) in [5, 5.41) is 20.2. The minimum atomic E-state index is -3.91. The Bertz CT molecular complexity index is 1500. The Kier molecular flexibility index (Phi) is 7.42. The van der Waals surface area contributed by atoms with Gasteiger partial charge in [0.25, 0.3) is 5.56 Å². The van der Waals surface area contributed by atoms with Crippen molar-refractivity contribution < 1.29 is 33.6 Å². The molecule has 0 amide bonds. The average Bonchev–Trinajstić information content (AvgIpc) is 3.54. The summed E-state index contributed by atoms with van der Waals surface area (Å²) < 4.78 is 25.2. The fourth-order valence-corrected chi connectivity index (χ4v) is 5.82. The number of rotatable bonds is 8. The van der Waals surface area contributed by atoms with Crippen LogP contribution in [0.5, 0.6) is 0 Å². The highest BCUT2D eigenvalue weighted by Gasteiger charge is 2.42. The van der Waals surface area contributed by atoms with Crippen molar-refractivity contribution in [2.75, 3.05) is 18.9 Å². The molecule has 0 aromatic carbocycles. The topological polar surface area (TPSA) is 235 Å². The van der Waals surface area contributed by atoms with Crippen LogP contribution in [0.2, 0.25) is 0 Å². The van der Waals surface area contributed by atoms with E-state index in [0.717, 1.165) is 10.9 Å². The number of aliphatic hydroxyl groups excluding tert-OH is 2. The fraction of sp³-hybridized carbons (Fsp3) is 0.579. The molecule has 3 unspecified atom stereocenters. The summed E-state index contributed by atoms with van der Waals surface area (Å²) >= 11 is 5.13. The Morgan fingerprint density at radius 2 is 1.89 bits per heavy atom. The zero-order chi connectivity index (χ0) is 27.2. The standard InChI is InChI=1S/C19H25N8O9PS/c1-8-23-16-15(17(30)24-8)21-6-26(16)13-2-9(29)12(35-13)5-33-37(32,38)36-10-3-14(34-11(10)4-28)27-7-22-18(20)25-19(27)31/h6-7,9-14,28-29H,2-5H2,1H3,(H,32,38)(H2,20,25,31)(H,23,24,30)/t9?,10?,11-,12-,13-,14-,37?/m1/s1. The monoisotopic (exact) mass is 572 g/mol. The number of nitrogens with zero attached hydrogens (tertiary/aromatic N) is 6. The number of aromatic nitrogens is 7. The number of hydrogen-bond acceptors (Lipinski definition) is 14. The van der Waals surface area contributed by atoms with Gasteiger partial charge in [-0.25, -0.2) is 19.7 Å². The first-order valence-corrected chi connectivity index (χ1v) is 14.0. The third-order valence-corrected chi connectivity index (χ3v) is 7.74. The van der Waals surface area contributed by atoms with Crippen molar-refractivity contribution in [1.82, 2.24) is 34.1 Å². The van der Waals surface area contributed by atoms with Crippen molar-refractivity contribution in [3.63, 3.8) is 0 Å². The van der Waals surface area contributed by atoms with Gasteiger partial charge in [0, 0.05) is 12.8 Å². The Morgan fingerprint density at radius 1 is 1.18 bits per heavy atom. The van der Waals surface area contributed by atoms with E-state index in [-0.39, 0.29) is 30.9 Å². The van der Waals surface area contributed by atoms with Crippen LogP contribution in [-0.2, 0) is 30.3 Å². The summed E-state index contributed by atoms with van der Waals surface area (Å²) in [4.78, 5) is 53.1. The fourth-order valence-electron chi connectivity index (χ4n) is 4.35. The van der Waals surface area contributed by atoms with Gasteiger partial charge in [-0.15, -0.1) is 0 Å². The summed E-state index contributed by atoms with van der Waals surface area (Å²) in [5.74, 6) is 0.198. The third kappa shape index (κ3) is 5.40. The molecule has 5 rings (SSSR count). The van der Waals surface area contributed by atoms with E-state index in [1.54, 1.807) is 6.92 Å². The van der Waals surface area contributed by atoms with Gasteiger partial charge in [-0.2, -0.15) is 4.98 Å². The number of aromatic amines is 1. The van der Waals surface area contributed by atoms with Crippen molar-refractivity contribution >= 4 is 35.6 Å². The molecule has 3 aromatic heterocycles. The molecule has 6 N–H and O–H groups in total. The van der Waals surface area contributed by atoms with Crippen molar-refractivity contribution in [2.45, 2.75) is 56.6 Å². The van der Waals surface area contributed by atoms with E-state index in [2.05, 4.69) is 24.9 Å². The number of nitrogens with two attached hydrogens (primary N) is 1. The smallest absolute Gasteiger partial charge is 0.354 e. The number of anilines is 1. The summed E-state index contributed by atoms with van der Waals surface area (Å²) in [5.41, 5.74) is 4.75. The molecule has 206 valence electrons. The second-order valence-electron chi connectivity index (χ2n) is 8.77. The number of fused-ring (bicyclic) bond motifs is 1. The zero-order valence-electron chi connectivity index (χ0n) is 19.9. The third-order valence-electron chi connectivity index (χ3n) is 6.15. The van der Waals surface area contributed by atoms with Crippen LogP contribution in [0.3, 0.4) is 0 Å². The molecule has 0 spiro atoms. The van der Waals surface area contributed by atoms with Gasteiger partial charge in [0.2, 0.25) is 5.95 Å². The lowest BCUT2D eigenvalue weighted by Crippen LogP contribution is -2.29. The molecule has 3 aromatic rings. The van der Waals surface area contributed by atoms with E-state index < -0.39 is 61.4 Å². The summed E-state index contributed by atoms with van der Waals surface area (Å²) in [7, 11) is 0. The van der Waals surface area contributed by atoms with Crippen molar-refractivity contribution in [2.24, 2.45) is 0 Å². The molecule has 0 bridgehead atoms. The van der Waals surface area contributed by atoms with Gasteiger partial charge in [0.15, 0.2) is 11.2 Å². The normalized spacial score (nSPS) is 29.2. The van der Waals surface area contributed by atoms with Crippen LogP contribution in [0, 0.1) is 6.92 Å². The van der Waals surface area contributed by atoms with E-state index in [0.29, 0.717) is 11.5 Å². The Hall–Kier alpha value is -2.67. The van der Waals surface area contributed by atoms with Crippen LogP contribution >= 0.6 is 6.72 Å². The molecular formula is C19H25N8O9PS. The second-order valence-corrected chi connectivity index (χ2v) is 11.6. The quantitative estimate of drug-likeness (QED) is 0.187. The summed E-state index contributed by atoms with van der Waals surface area (Å²) in [6.07, 6.45) is -2.57. The lowest BCUT2D eigenvalue weighted by atomic mass is 10.2. The molecule has 7 atom stereocenters. The summed E-state index contributed by atoms with van der Waals surface area (Å²) in [6.45, 7) is -3.06. The van der Waals surface area contributed by atoms with Crippen LogP contribution in [-0.4, -0.2) is 86.8 Å². The summed E-state index contributed by atoms with van der Waals surface area (Å²) in [6, 6.07) is 0. The molecule has 2 aliphatic heterocycles. The molecular weight excluding hydrogens is 547 g/mol. The maximum absolute atomic E-state index is 12.1. The molecule has 2 fully saturated rings. The lowest BCUT2D eigenvalue weighted by molar-refractivity contribution is -0.0521. The predicted octanol–water partition coefficient (Wildman–Crippen LogP) is -1.79.